The molecule has 0 aliphatic carbocycles. The Morgan fingerprint density at radius 1 is 1.59 bits per heavy atom. The zero-order chi connectivity index (χ0) is 13.1. The molecule has 1 unspecified atom stereocenters. The van der Waals surface area contributed by atoms with Gasteiger partial charge in [-0.3, -0.25) is 4.79 Å². The Labute approximate surface area is 102 Å². The molecule has 0 fully saturated rings. The average molecular weight is 239 g/mol. The van der Waals surface area contributed by atoms with Gasteiger partial charge in [0.05, 0.1) is 12.0 Å². The number of hydrogen-bond donors (Lipinski definition) is 2. The lowest BCUT2D eigenvalue weighted by molar-refractivity contribution is -0.143. The van der Waals surface area contributed by atoms with Gasteiger partial charge in [0.15, 0.2) is 0 Å². The van der Waals surface area contributed by atoms with Crippen LogP contribution in [-0.2, 0) is 11.3 Å². The maximum Gasteiger partial charge on any atom is 0.323 e. The van der Waals surface area contributed by atoms with Crippen LogP contribution in [0.1, 0.15) is 37.6 Å². The van der Waals surface area contributed by atoms with Crippen molar-refractivity contribution in [2.75, 3.05) is 0 Å². The third-order valence-corrected chi connectivity index (χ3v) is 3.42. The second kappa shape index (κ2) is 5.31. The van der Waals surface area contributed by atoms with Crippen molar-refractivity contribution in [3.05, 3.63) is 17.7 Å². The first-order chi connectivity index (χ1) is 7.90. The van der Waals surface area contributed by atoms with Gasteiger partial charge in [-0.05, 0) is 33.1 Å². The molecule has 5 nitrogen and oxygen atoms in total. The van der Waals surface area contributed by atoms with Crippen LogP contribution < -0.4 is 5.73 Å². The predicted molar refractivity (Wildman–Crippen MR) is 65.8 cm³/mol. The quantitative estimate of drug-likeness (QED) is 0.787. The van der Waals surface area contributed by atoms with E-state index in [1.54, 1.807) is 13.3 Å². The maximum atomic E-state index is 11.0. The van der Waals surface area contributed by atoms with E-state index < -0.39 is 11.5 Å². The number of nitrogens with two attached hydrogens (primary N) is 1. The van der Waals surface area contributed by atoms with E-state index in [0.29, 0.717) is 12.8 Å². The van der Waals surface area contributed by atoms with E-state index in [0.717, 1.165) is 24.4 Å². The maximum absolute atomic E-state index is 11.0. The molecule has 5 heteroatoms. The highest BCUT2D eigenvalue weighted by molar-refractivity contribution is 5.78. The first kappa shape index (κ1) is 13.7. The fraction of sp³-hybridized carbons (Fsp3) is 0.667. The number of rotatable bonds is 6. The fourth-order valence-corrected chi connectivity index (χ4v) is 1.77. The molecule has 0 spiro atoms. The van der Waals surface area contributed by atoms with E-state index in [1.165, 1.54) is 0 Å². The van der Waals surface area contributed by atoms with E-state index in [1.807, 2.05) is 18.4 Å². The minimum absolute atomic E-state index is 0.449. The second-order valence-corrected chi connectivity index (χ2v) is 4.53. The van der Waals surface area contributed by atoms with Crippen LogP contribution in [0.15, 0.2) is 6.33 Å². The van der Waals surface area contributed by atoms with Crippen LogP contribution >= 0.6 is 0 Å². The van der Waals surface area contributed by atoms with Crippen LogP contribution in [0.3, 0.4) is 0 Å². The van der Waals surface area contributed by atoms with Gasteiger partial charge >= 0.3 is 5.97 Å². The lowest BCUT2D eigenvalue weighted by atomic mass is 9.92. The van der Waals surface area contributed by atoms with Gasteiger partial charge in [0.25, 0.3) is 0 Å². The van der Waals surface area contributed by atoms with Crippen LogP contribution in [0.2, 0.25) is 0 Å². The molecular formula is C12H21N3O2. The van der Waals surface area contributed by atoms with Crippen molar-refractivity contribution < 1.29 is 9.90 Å². The molecular weight excluding hydrogens is 218 g/mol. The number of carbonyl (C=O) groups is 1. The molecule has 0 radical (unpaired) electrons. The number of carboxylic acids is 1. The summed E-state index contributed by atoms with van der Waals surface area (Å²) in [6, 6.07) is 0. The van der Waals surface area contributed by atoms with Crippen LogP contribution in [0.25, 0.3) is 0 Å². The van der Waals surface area contributed by atoms with Gasteiger partial charge in [-0.2, -0.15) is 0 Å². The van der Waals surface area contributed by atoms with Crippen LogP contribution in [0.4, 0.5) is 0 Å². The Kier molecular flexibility index (Phi) is 4.28. The highest BCUT2D eigenvalue weighted by Crippen LogP contribution is 2.16. The summed E-state index contributed by atoms with van der Waals surface area (Å²) in [5.41, 5.74) is 6.87. The van der Waals surface area contributed by atoms with Crippen LogP contribution in [0, 0.1) is 13.8 Å². The van der Waals surface area contributed by atoms with E-state index >= 15 is 0 Å². The van der Waals surface area contributed by atoms with E-state index in [9.17, 15) is 4.79 Å². The minimum atomic E-state index is -1.09. The van der Waals surface area contributed by atoms with Gasteiger partial charge in [0.2, 0.25) is 0 Å². The third-order valence-electron chi connectivity index (χ3n) is 3.42. The number of nitrogens with zero attached hydrogens (tertiary/aromatic N) is 2. The molecule has 1 heterocycles. The highest BCUT2D eigenvalue weighted by atomic mass is 16.4. The number of hydrogen-bond acceptors (Lipinski definition) is 3. The molecule has 0 aromatic carbocycles. The Balaban J connectivity index is 2.53. The van der Waals surface area contributed by atoms with Gasteiger partial charge in [-0.1, -0.05) is 6.92 Å². The minimum Gasteiger partial charge on any atom is -0.480 e. The van der Waals surface area contributed by atoms with Crippen LogP contribution in [0.5, 0.6) is 0 Å². The fourth-order valence-electron chi connectivity index (χ4n) is 1.77. The average Bonchev–Trinajstić information content (AvgIpc) is 2.60. The lowest BCUT2D eigenvalue weighted by Crippen LogP contribution is -2.47. The smallest absolute Gasteiger partial charge is 0.323 e. The van der Waals surface area contributed by atoms with E-state index in [4.69, 9.17) is 10.8 Å². The molecule has 1 aromatic rings. The zero-order valence-corrected chi connectivity index (χ0v) is 10.7. The highest BCUT2D eigenvalue weighted by Gasteiger charge is 2.30. The molecule has 0 aliphatic heterocycles. The summed E-state index contributed by atoms with van der Waals surface area (Å²) >= 11 is 0. The molecule has 3 N–H and O–H groups in total. The van der Waals surface area contributed by atoms with Gasteiger partial charge in [-0.15, -0.1) is 0 Å². The summed E-state index contributed by atoms with van der Waals surface area (Å²) in [4.78, 5) is 15.2. The van der Waals surface area contributed by atoms with Crippen LogP contribution in [-0.4, -0.2) is 26.2 Å². The number of carboxylic acid groups (broad SMARTS) is 1. The van der Waals surface area contributed by atoms with Crippen molar-refractivity contribution in [3.8, 4) is 0 Å². The zero-order valence-electron chi connectivity index (χ0n) is 10.7. The summed E-state index contributed by atoms with van der Waals surface area (Å²) in [5.74, 6) is -0.918. The number of aromatic nitrogens is 2. The standard InChI is InChI=1S/C12H21N3O2/c1-4-12(13,11(16)17)6-5-7-15-8-14-9(2)10(15)3/h8H,4-7,13H2,1-3H3,(H,16,17). The molecule has 0 saturated heterocycles. The van der Waals surface area contributed by atoms with Gasteiger partial charge < -0.3 is 15.4 Å². The number of aliphatic carboxylic acids is 1. The SMILES string of the molecule is CCC(N)(CCCn1cnc(C)c1C)C(=O)O. The predicted octanol–water partition coefficient (Wildman–Crippen LogP) is 1.47. The molecule has 0 bridgehead atoms. The summed E-state index contributed by atoms with van der Waals surface area (Å²) in [6.07, 6.45) is 3.46. The normalized spacial score (nSPS) is 14.6. The van der Waals surface area contributed by atoms with Crippen molar-refractivity contribution in [1.29, 1.82) is 0 Å². The van der Waals surface area contributed by atoms with Crippen molar-refractivity contribution in [3.63, 3.8) is 0 Å². The van der Waals surface area contributed by atoms with Gasteiger partial charge in [0.1, 0.15) is 5.54 Å². The summed E-state index contributed by atoms with van der Waals surface area (Å²) < 4.78 is 2.03. The molecule has 17 heavy (non-hydrogen) atoms. The Morgan fingerprint density at radius 2 is 2.24 bits per heavy atom. The van der Waals surface area contributed by atoms with Crippen molar-refractivity contribution >= 4 is 5.97 Å². The van der Waals surface area contributed by atoms with Gasteiger partial charge in [0, 0.05) is 12.2 Å². The van der Waals surface area contributed by atoms with Crippen molar-refractivity contribution in [2.45, 2.75) is 52.1 Å². The summed E-state index contributed by atoms with van der Waals surface area (Å²) in [6.45, 7) is 6.54. The molecule has 0 saturated carbocycles. The van der Waals surface area contributed by atoms with E-state index in [-0.39, 0.29) is 0 Å². The first-order valence-electron chi connectivity index (χ1n) is 5.91. The third kappa shape index (κ3) is 3.06. The molecule has 1 rings (SSSR count). The molecule has 96 valence electrons. The summed E-state index contributed by atoms with van der Waals surface area (Å²) in [7, 11) is 0. The topological polar surface area (TPSA) is 81.1 Å². The number of imidazole rings is 1. The lowest BCUT2D eigenvalue weighted by Gasteiger charge is -2.22. The molecule has 0 amide bonds. The Bertz CT molecular complexity index is 400. The van der Waals surface area contributed by atoms with Crippen molar-refractivity contribution in [1.82, 2.24) is 9.55 Å². The molecule has 0 aliphatic rings. The van der Waals surface area contributed by atoms with Gasteiger partial charge in [-0.25, -0.2) is 4.98 Å². The number of aryl methyl sites for hydroxylation is 2. The summed E-state index contributed by atoms with van der Waals surface area (Å²) in [5, 5.41) is 9.04. The molecule has 1 atom stereocenters. The monoisotopic (exact) mass is 239 g/mol. The van der Waals surface area contributed by atoms with Crippen molar-refractivity contribution in [2.24, 2.45) is 5.73 Å². The second-order valence-electron chi connectivity index (χ2n) is 4.53. The Hall–Kier alpha value is -1.36. The Morgan fingerprint density at radius 3 is 2.65 bits per heavy atom. The largest absolute Gasteiger partial charge is 0.480 e. The van der Waals surface area contributed by atoms with E-state index in [2.05, 4.69) is 4.98 Å². The molecule has 1 aromatic heterocycles. The first-order valence-corrected chi connectivity index (χ1v) is 5.91.